The first-order valence-electron chi connectivity index (χ1n) is 9.17. The van der Waals surface area contributed by atoms with Crippen molar-refractivity contribution in [2.24, 2.45) is 11.8 Å². The number of rotatable bonds is 6. The zero-order valence-corrected chi connectivity index (χ0v) is 16.3. The molecular formula is C19H17N3O7S. The van der Waals surface area contributed by atoms with Crippen LogP contribution >= 0.6 is 11.3 Å². The molecule has 30 heavy (non-hydrogen) atoms. The molecule has 2 aromatic rings. The van der Waals surface area contributed by atoms with E-state index in [1.165, 1.54) is 30.3 Å². The van der Waals surface area contributed by atoms with Gasteiger partial charge in [-0.3, -0.25) is 24.5 Å². The van der Waals surface area contributed by atoms with Crippen LogP contribution in [0.1, 0.15) is 23.2 Å². The van der Waals surface area contributed by atoms with E-state index in [0.717, 1.165) is 11.3 Å². The monoisotopic (exact) mass is 431 g/mol. The number of thiophene rings is 1. The zero-order valence-electron chi connectivity index (χ0n) is 15.4. The van der Waals surface area contributed by atoms with Crippen LogP contribution in [0.5, 0.6) is 0 Å². The van der Waals surface area contributed by atoms with Gasteiger partial charge in [-0.2, -0.15) is 0 Å². The highest BCUT2D eigenvalue weighted by Gasteiger charge is 2.55. The number of nitro groups is 1. The van der Waals surface area contributed by atoms with Gasteiger partial charge in [0.1, 0.15) is 5.00 Å². The third-order valence-corrected chi connectivity index (χ3v) is 6.17. The van der Waals surface area contributed by atoms with Crippen LogP contribution in [0.2, 0.25) is 0 Å². The SMILES string of the molecule is O=C(Nc1ccc([N+](=O)[O-])cc1)c1ccsc1NC(=O)[C@@H]1[C@@H](C(=O)O)[C@@H]2CC[C@@H]1O2. The normalized spacial score (nSPS) is 24.4. The maximum atomic E-state index is 12.8. The summed E-state index contributed by atoms with van der Waals surface area (Å²) in [4.78, 5) is 47.2. The lowest BCUT2D eigenvalue weighted by atomic mass is 9.79. The van der Waals surface area contributed by atoms with Crippen molar-refractivity contribution in [2.45, 2.75) is 25.0 Å². The molecular weight excluding hydrogens is 414 g/mol. The van der Waals surface area contributed by atoms with Gasteiger partial charge in [-0.15, -0.1) is 11.3 Å². The number of carbonyl (C=O) groups is 3. The molecule has 1 aromatic heterocycles. The molecule has 0 aliphatic carbocycles. The number of benzene rings is 1. The number of fused-ring (bicyclic) bond motifs is 2. The Labute approximate surface area is 174 Å². The highest BCUT2D eigenvalue weighted by atomic mass is 32.1. The first-order chi connectivity index (χ1) is 14.3. The van der Waals surface area contributed by atoms with Crippen molar-refractivity contribution in [3.8, 4) is 0 Å². The summed E-state index contributed by atoms with van der Waals surface area (Å²) in [5.74, 6) is -3.76. The average Bonchev–Trinajstić information content (AvgIpc) is 3.43. The number of carbonyl (C=O) groups excluding carboxylic acids is 2. The van der Waals surface area contributed by atoms with Gasteiger partial charge < -0.3 is 20.5 Å². The van der Waals surface area contributed by atoms with Gasteiger partial charge in [0.15, 0.2) is 0 Å². The summed E-state index contributed by atoms with van der Waals surface area (Å²) in [7, 11) is 0. The largest absolute Gasteiger partial charge is 0.481 e. The number of carboxylic acid groups (broad SMARTS) is 1. The fraction of sp³-hybridized carbons (Fsp3) is 0.316. The Morgan fingerprint density at radius 1 is 1.07 bits per heavy atom. The molecule has 3 N–H and O–H groups in total. The Morgan fingerprint density at radius 2 is 1.73 bits per heavy atom. The summed E-state index contributed by atoms with van der Waals surface area (Å²) < 4.78 is 5.62. The van der Waals surface area contributed by atoms with E-state index in [4.69, 9.17) is 4.74 Å². The van der Waals surface area contributed by atoms with E-state index in [1.54, 1.807) is 5.38 Å². The van der Waals surface area contributed by atoms with Gasteiger partial charge in [0.25, 0.3) is 11.6 Å². The van der Waals surface area contributed by atoms with Crippen molar-refractivity contribution in [1.29, 1.82) is 0 Å². The number of amides is 2. The van der Waals surface area contributed by atoms with Crippen molar-refractivity contribution >= 4 is 45.5 Å². The van der Waals surface area contributed by atoms with Crippen LogP contribution in [0.15, 0.2) is 35.7 Å². The molecule has 2 amide bonds. The molecule has 0 saturated carbocycles. The van der Waals surface area contributed by atoms with E-state index in [1.807, 2.05) is 0 Å². The highest BCUT2D eigenvalue weighted by molar-refractivity contribution is 7.14. The van der Waals surface area contributed by atoms with Crippen molar-refractivity contribution in [3.05, 3.63) is 51.4 Å². The average molecular weight is 431 g/mol. The minimum atomic E-state index is -1.07. The fourth-order valence-electron chi connectivity index (χ4n) is 3.97. The van der Waals surface area contributed by atoms with Gasteiger partial charge in [-0.1, -0.05) is 0 Å². The number of aliphatic carboxylic acids is 1. The Hall–Kier alpha value is -3.31. The Morgan fingerprint density at radius 3 is 2.37 bits per heavy atom. The van der Waals surface area contributed by atoms with Crippen LogP contribution in [0, 0.1) is 22.0 Å². The maximum Gasteiger partial charge on any atom is 0.310 e. The summed E-state index contributed by atoms with van der Waals surface area (Å²) in [6.07, 6.45) is 0.350. The lowest BCUT2D eigenvalue weighted by molar-refractivity contribution is -0.384. The maximum absolute atomic E-state index is 12.8. The van der Waals surface area contributed by atoms with Gasteiger partial charge in [-0.05, 0) is 36.4 Å². The second kappa shape index (κ2) is 7.84. The summed E-state index contributed by atoms with van der Waals surface area (Å²) in [6, 6.07) is 6.89. The molecule has 11 heteroatoms. The molecule has 2 aliphatic rings. The minimum absolute atomic E-state index is 0.0995. The van der Waals surface area contributed by atoms with Crippen molar-refractivity contribution in [1.82, 2.24) is 0 Å². The Balaban J connectivity index is 1.46. The number of nitrogens with zero attached hydrogens (tertiary/aromatic N) is 1. The summed E-state index contributed by atoms with van der Waals surface area (Å²) >= 11 is 1.14. The number of nitrogens with one attached hydrogen (secondary N) is 2. The van der Waals surface area contributed by atoms with E-state index in [2.05, 4.69) is 10.6 Å². The molecule has 3 heterocycles. The van der Waals surface area contributed by atoms with E-state index in [9.17, 15) is 29.6 Å². The molecule has 4 rings (SSSR count). The second-order valence-electron chi connectivity index (χ2n) is 7.09. The standard InChI is InChI=1S/C19H17N3O7S/c23-16(20-9-1-3-10(4-2-9)22(27)28)11-7-8-30-18(11)21-17(24)14-12-5-6-13(29-12)15(14)19(25)26/h1-4,7-8,12-15H,5-6H2,(H,20,23)(H,21,24)(H,25,26)/t12-,13-,14-,15-/m0/s1. The number of non-ortho nitro benzene ring substituents is 1. The third kappa shape index (κ3) is 3.64. The van der Waals surface area contributed by atoms with Crippen LogP contribution in [-0.2, 0) is 14.3 Å². The molecule has 156 valence electrons. The molecule has 4 atom stereocenters. The Kier molecular flexibility index (Phi) is 5.22. The van der Waals surface area contributed by atoms with Gasteiger partial charge in [0, 0.05) is 17.8 Å². The van der Waals surface area contributed by atoms with Gasteiger partial charge in [0.2, 0.25) is 5.91 Å². The number of hydrogen-bond acceptors (Lipinski definition) is 7. The van der Waals surface area contributed by atoms with Gasteiger partial charge in [0.05, 0.1) is 34.5 Å². The van der Waals surface area contributed by atoms with Crippen LogP contribution < -0.4 is 10.6 Å². The summed E-state index contributed by atoms with van der Waals surface area (Å²) in [6.45, 7) is 0. The van der Waals surface area contributed by atoms with E-state index in [0.29, 0.717) is 23.5 Å². The third-order valence-electron chi connectivity index (χ3n) is 5.34. The van der Waals surface area contributed by atoms with Crippen molar-refractivity contribution in [3.63, 3.8) is 0 Å². The van der Waals surface area contributed by atoms with Crippen LogP contribution in [0.25, 0.3) is 0 Å². The topological polar surface area (TPSA) is 148 Å². The van der Waals surface area contributed by atoms with E-state index < -0.39 is 46.8 Å². The predicted octanol–water partition coefficient (Wildman–Crippen LogP) is 2.73. The van der Waals surface area contributed by atoms with Crippen molar-refractivity contribution < 1.29 is 29.2 Å². The smallest absolute Gasteiger partial charge is 0.310 e. The zero-order chi connectivity index (χ0) is 21.4. The van der Waals surface area contributed by atoms with E-state index >= 15 is 0 Å². The molecule has 1 aromatic carbocycles. The highest BCUT2D eigenvalue weighted by Crippen LogP contribution is 2.44. The van der Waals surface area contributed by atoms with Gasteiger partial charge >= 0.3 is 5.97 Å². The number of anilines is 2. The lowest BCUT2D eigenvalue weighted by Gasteiger charge is -2.23. The molecule has 10 nitrogen and oxygen atoms in total. The molecule has 0 spiro atoms. The molecule has 0 unspecified atom stereocenters. The van der Waals surface area contributed by atoms with Gasteiger partial charge in [-0.25, -0.2) is 0 Å². The van der Waals surface area contributed by atoms with Crippen molar-refractivity contribution in [2.75, 3.05) is 10.6 Å². The minimum Gasteiger partial charge on any atom is -0.481 e. The van der Waals surface area contributed by atoms with Crippen LogP contribution in [0.4, 0.5) is 16.4 Å². The van der Waals surface area contributed by atoms with Crippen LogP contribution in [0.3, 0.4) is 0 Å². The number of carboxylic acids is 1. The predicted molar refractivity (Wildman–Crippen MR) is 107 cm³/mol. The van der Waals surface area contributed by atoms with Crippen LogP contribution in [-0.4, -0.2) is 40.0 Å². The number of ether oxygens (including phenoxy) is 1. The summed E-state index contributed by atoms with van der Waals surface area (Å²) in [5.41, 5.74) is 0.474. The fourth-order valence-corrected chi connectivity index (χ4v) is 4.76. The molecule has 2 fully saturated rings. The summed E-state index contributed by atoms with van der Waals surface area (Å²) in [5, 5.41) is 27.4. The first-order valence-corrected chi connectivity index (χ1v) is 10.1. The Bertz CT molecular complexity index is 1020. The first kappa shape index (κ1) is 20.0. The molecule has 2 aliphatic heterocycles. The molecule has 0 radical (unpaired) electrons. The lowest BCUT2D eigenvalue weighted by Crippen LogP contribution is -2.41. The van der Waals surface area contributed by atoms with E-state index in [-0.39, 0.29) is 11.3 Å². The quantitative estimate of drug-likeness (QED) is 0.470. The number of nitro benzene ring substituents is 1. The molecule has 2 saturated heterocycles. The number of hydrogen-bond donors (Lipinski definition) is 3. The second-order valence-corrected chi connectivity index (χ2v) is 8.01. The molecule has 2 bridgehead atoms.